The van der Waals surface area contributed by atoms with Crippen molar-refractivity contribution in [2.24, 2.45) is 0 Å². The number of nitrogens with zero attached hydrogens (tertiary/aromatic N) is 1. The average Bonchev–Trinajstić information content (AvgIpc) is 2.62. The summed E-state index contributed by atoms with van der Waals surface area (Å²) < 4.78 is 5.05. The lowest BCUT2D eigenvalue weighted by atomic mass is 10.3. The molecule has 0 spiro atoms. The molecular formula is C10H15NO4. The van der Waals surface area contributed by atoms with Crippen molar-refractivity contribution in [3.63, 3.8) is 0 Å². The van der Waals surface area contributed by atoms with Crippen LogP contribution in [-0.4, -0.2) is 47.9 Å². The lowest BCUT2D eigenvalue weighted by molar-refractivity contribution is -0.129. The molecule has 1 atom stereocenters. The van der Waals surface area contributed by atoms with E-state index in [4.69, 9.17) is 4.74 Å². The Morgan fingerprint density at radius 1 is 1.67 bits per heavy atom. The number of rotatable bonds is 5. The Hall–Kier alpha value is -1.36. The highest BCUT2D eigenvalue weighted by molar-refractivity contribution is 6.32. The van der Waals surface area contributed by atoms with Crippen molar-refractivity contribution in [1.82, 2.24) is 4.90 Å². The Morgan fingerprint density at radius 2 is 2.40 bits per heavy atom. The Kier molecular flexibility index (Phi) is 4.30. The maximum atomic E-state index is 11.1. The number of β-amino-alcohol motifs (C(OH)–C–C–N with tert-alkyl or cyclic N) is 1. The van der Waals surface area contributed by atoms with Gasteiger partial charge in [0.05, 0.1) is 12.7 Å². The number of aliphatic hydroxyl groups is 1. The molecule has 84 valence electrons. The fraction of sp³-hybridized carbons (Fsp3) is 0.600. The number of ether oxygens (including phenoxy) is 1. The fourth-order valence-corrected chi connectivity index (χ4v) is 1.44. The number of carbonyl (C=O) groups excluding carboxylic acids is 2. The molecule has 1 N–H and O–H groups in total. The summed E-state index contributed by atoms with van der Waals surface area (Å²) in [7, 11) is 0. The largest absolute Gasteiger partial charge is 0.488 e. The van der Waals surface area contributed by atoms with Crippen LogP contribution in [0.4, 0.5) is 0 Å². The van der Waals surface area contributed by atoms with E-state index in [9.17, 15) is 14.7 Å². The Morgan fingerprint density at radius 3 is 2.87 bits per heavy atom. The van der Waals surface area contributed by atoms with Crippen LogP contribution >= 0.6 is 0 Å². The Labute approximate surface area is 88.3 Å². The molecular weight excluding hydrogens is 198 g/mol. The molecule has 1 fully saturated rings. The molecule has 0 saturated carbocycles. The summed E-state index contributed by atoms with van der Waals surface area (Å²) in [6.45, 7) is 3.22. The molecule has 15 heavy (non-hydrogen) atoms. The maximum absolute atomic E-state index is 11.1. The van der Waals surface area contributed by atoms with Crippen LogP contribution < -0.4 is 0 Å². The summed E-state index contributed by atoms with van der Waals surface area (Å²) >= 11 is 0. The van der Waals surface area contributed by atoms with Gasteiger partial charge in [-0.3, -0.25) is 9.59 Å². The first kappa shape index (κ1) is 11.7. The third-order valence-electron chi connectivity index (χ3n) is 2.14. The van der Waals surface area contributed by atoms with Crippen LogP contribution in [0.1, 0.15) is 13.3 Å². The van der Waals surface area contributed by atoms with Crippen LogP contribution in [0.15, 0.2) is 12.0 Å². The maximum Gasteiger partial charge on any atom is 0.261 e. The molecule has 5 heteroatoms. The van der Waals surface area contributed by atoms with E-state index in [1.807, 2.05) is 0 Å². The highest BCUT2D eigenvalue weighted by atomic mass is 16.5. The second-order valence-electron chi connectivity index (χ2n) is 3.35. The van der Waals surface area contributed by atoms with Gasteiger partial charge in [0.2, 0.25) is 0 Å². The van der Waals surface area contributed by atoms with Crippen LogP contribution in [0.25, 0.3) is 0 Å². The smallest absolute Gasteiger partial charge is 0.261 e. The molecule has 1 unspecified atom stereocenters. The van der Waals surface area contributed by atoms with Gasteiger partial charge in [-0.15, -0.1) is 0 Å². The highest BCUT2D eigenvalue weighted by Crippen LogP contribution is 2.11. The monoisotopic (exact) mass is 213 g/mol. The van der Waals surface area contributed by atoms with Crippen molar-refractivity contribution >= 4 is 12.1 Å². The van der Waals surface area contributed by atoms with Gasteiger partial charge in [0.25, 0.3) is 5.78 Å². The number of hydrogen-bond donors (Lipinski definition) is 1. The van der Waals surface area contributed by atoms with Crippen molar-refractivity contribution in [1.29, 1.82) is 0 Å². The summed E-state index contributed by atoms with van der Waals surface area (Å²) in [4.78, 5) is 23.2. The molecule has 0 aromatic heterocycles. The lowest BCUT2D eigenvalue weighted by Gasteiger charge is -2.13. The van der Waals surface area contributed by atoms with Crippen molar-refractivity contribution < 1.29 is 19.4 Å². The second-order valence-corrected chi connectivity index (χ2v) is 3.35. The van der Waals surface area contributed by atoms with E-state index in [0.717, 1.165) is 0 Å². The van der Waals surface area contributed by atoms with Gasteiger partial charge in [0, 0.05) is 19.3 Å². The minimum atomic E-state index is -0.668. The molecule has 0 aliphatic carbocycles. The number of aliphatic hydroxyl groups excluding tert-OH is 1. The van der Waals surface area contributed by atoms with E-state index in [1.165, 1.54) is 6.20 Å². The summed E-state index contributed by atoms with van der Waals surface area (Å²) in [6.07, 6.45) is 2.03. The molecule has 0 radical (unpaired) electrons. The van der Waals surface area contributed by atoms with Crippen LogP contribution in [0.3, 0.4) is 0 Å². The summed E-state index contributed by atoms with van der Waals surface area (Å²) in [5, 5.41) is 9.27. The number of aldehydes is 1. The molecule has 1 rings (SSSR count). The fourth-order valence-electron chi connectivity index (χ4n) is 1.44. The SMILES string of the molecule is CCOC(=CN1CCC(O)C1)C(=O)C=O. The van der Waals surface area contributed by atoms with Crippen molar-refractivity contribution in [3.8, 4) is 0 Å². The number of hydrogen-bond acceptors (Lipinski definition) is 5. The Balaban J connectivity index is 2.65. The minimum absolute atomic E-state index is 0.0431. The normalized spacial score (nSPS) is 21.6. The molecule has 0 amide bonds. The number of allylic oxidation sites excluding steroid dienone is 1. The van der Waals surface area contributed by atoms with Gasteiger partial charge in [-0.25, -0.2) is 0 Å². The van der Waals surface area contributed by atoms with Crippen LogP contribution in [-0.2, 0) is 14.3 Å². The molecule has 1 saturated heterocycles. The third kappa shape index (κ3) is 3.36. The van der Waals surface area contributed by atoms with Crippen LogP contribution in [0.2, 0.25) is 0 Å². The zero-order valence-corrected chi connectivity index (χ0v) is 8.68. The zero-order chi connectivity index (χ0) is 11.3. The van der Waals surface area contributed by atoms with E-state index >= 15 is 0 Å². The van der Waals surface area contributed by atoms with Gasteiger partial charge >= 0.3 is 0 Å². The van der Waals surface area contributed by atoms with E-state index in [2.05, 4.69) is 0 Å². The summed E-state index contributed by atoms with van der Waals surface area (Å²) in [5.74, 6) is -0.625. The number of ketones is 1. The molecule has 5 nitrogen and oxygen atoms in total. The predicted octanol–water partition coefficient (Wildman–Crippen LogP) is -0.301. The first-order valence-corrected chi connectivity index (χ1v) is 4.93. The van der Waals surface area contributed by atoms with Gasteiger partial charge in [0.1, 0.15) is 0 Å². The Bertz CT molecular complexity index is 275. The highest BCUT2D eigenvalue weighted by Gasteiger charge is 2.20. The quantitative estimate of drug-likeness (QED) is 0.294. The molecule has 1 aliphatic heterocycles. The minimum Gasteiger partial charge on any atom is -0.488 e. The van der Waals surface area contributed by atoms with E-state index in [1.54, 1.807) is 11.8 Å². The first-order valence-electron chi connectivity index (χ1n) is 4.93. The number of Topliss-reactive ketones (excluding diaryl/α,β-unsaturated/α-hetero) is 1. The van der Waals surface area contributed by atoms with Crippen molar-refractivity contribution in [2.75, 3.05) is 19.7 Å². The number of likely N-dealkylation sites (tertiary alicyclic amines) is 1. The number of carbonyl (C=O) groups is 2. The van der Waals surface area contributed by atoms with Crippen molar-refractivity contribution in [3.05, 3.63) is 12.0 Å². The third-order valence-corrected chi connectivity index (χ3v) is 2.14. The average molecular weight is 213 g/mol. The van der Waals surface area contributed by atoms with Crippen LogP contribution in [0, 0.1) is 0 Å². The summed E-state index contributed by atoms with van der Waals surface area (Å²) in [5.41, 5.74) is 0. The second kappa shape index (κ2) is 5.50. The van der Waals surface area contributed by atoms with Gasteiger partial charge in [-0.2, -0.15) is 0 Å². The molecule has 1 heterocycles. The van der Waals surface area contributed by atoms with Gasteiger partial charge < -0.3 is 14.7 Å². The van der Waals surface area contributed by atoms with Crippen molar-refractivity contribution in [2.45, 2.75) is 19.4 Å². The molecule has 1 aliphatic rings. The van der Waals surface area contributed by atoms with Gasteiger partial charge in [-0.1, -0.05) is 0 Å². The zero-order valence-electron chi connectivity index (χ0n) is 8.68. The topological polar surface area (TPSA) is 66.8 Å². The molecule has 0 aromatic carbocycles. The summed E-state index contributed by atoms with van der Waals surface area (Å²) in [6, 6.07) is 0. The molecule has 0 bridgehead atoms. The standard InChI is InChI=1S/C10H15NO4/c1-2-15-10(9(14)7-12)6-11-4-3-8(13)5-11/h6-8,13H,2-5H2,1H3. The first-order chi connectivity index (χ1) is 7.17. The van der Waals surface area contributed by atoms with Gasteiger partial charge in [-0.05, 0) is 13.3 Å². The van der Waals surface area contributed by atoms with E-state index < -0.39 is 5.78 Å². The predicted molar refractivity (Wildman–Crippen MR) is 53.0 cm³/mol. The van der Waals surface area contributed by atoms with E-state index in [-0.39, 0.29) is 18.1 Å². The van der Waals surface area contributed by atoms with Gasteiger partial charge in [0.15, 0.2) is 12.0 Å². The molecule has 0 aromatic rings. The van der Waals surface area contributed by atoms with Crippen LogP contribution in [0.5, 0.6) is 0 Å². The lowest BCUT2D eigenvalue weighted by Crippen LogP contribution is -2.19. The van der Waals surface area contributed by atoms with E-state index in [0.29, 0.717) is 26.1 Å².